The third-order valence-corrected chi connectivity index (χ3v) is 1.56. The Morgan fingerprint density at radius 2 is 2.33 bits per heavy atom. The molecule has 0 amide bonds. The Balaban J connectivity index is 3.20. The van der Waals surface area contributed by atoms with Gasteiger partial charge in [-0.3, -0.25) is 0 Å². The minimum Gasteiger partial charge on any atom is -0.423 e. The topological polar surface area (TPSA) is 86.2 Å². The number of nitrogens with one attached hydrogen (secondary N) is 1. The quantitative estimate of drug-likeness (QED) is 0.446. The first kappa shape index (κ1) is 8.96. The number of aromatic amines is 1. The number of aromatic nitrogens is 2. The van der Waals surface area contributed by atoms with E-state index in [1.165, 1.54) is 6.20 Å². The standard InChI is InChI=1S/C6H9BN2O3/c1-2-5-4(7(11)12)3-8-6(10)9-5/h3,11-12H,2H2,1H3,(H,8,9,10). The molecule has 0 unspecified atom stereocenters. The van der Waals surface area contributed by atoms with Crippen LogP contribution < -0.4 is 11.2 Å². The summed E-state index contributed by atoms with van der Waals surface area (Å²) in [7, 11) is -1.58. The molecule has 0 aliphatic rings. The highest BCUT2D eigenvalue weighted by Crippen LogP contribution is 1.87. The van der Waals surface area contributed by atoms with E-state index in [-0.39, 0.29) is 5.46 Å². The van der Waals surface area contributed by atoms with Gasteiger partial charge in [-0.1, -0.05) is 6.92 Å². The first-order valence-corrected chi connectivity index (χ1v) is 3.59. The Hall–Kier alpha value is -1.14. The van der Waals surface area contributed by atoms with Crippen molar-refractivity contribution in [1.82, 2.24) is 9.97 Å². The molecule has 0 saturated carbocycles. The summed E-state index contributed by atoms with van der Waals surface area (Å²) in [5.74, 6) is 0. The molecule has 64 valence electrons. The SMILES string of the molecule is CCc1[nH]c(=O)ncc1B(O)O. The zero-order chi connectivity index (χ0) is 9.14. The van der Waals surface area contributed by atoms with E-state index in [1.807, 2.05) is 0 Å². The summed E-state index contributed by atoms with van der Waals surface area (Å²) in [5, 5.41) is 17.6. The molecule has 1 aromatic heterocycles. The van der Waals surface area contributed by atoms with Crippen molar-refractivity contribution in [3.63, 3.8) is 0 Å². The van der Waals surface area contributed by atoms with Gasteiger partial charge in [-0.2, -0.15) is 0 Å². The van der Waals surface area contributed by atoms with E-state index in [2.05, 4.69) is 9.97 Å². The van der Waals surface area contributed by atoms with Crippen molar-refractivity contribution in [2.24, 2.45) is 0 Å². The van der Waals surface area contributed by atoms with Crippen molar-refractivity contribution < 1.29 is 10.0 Å². The van der Waals surface area contributed by atoms with Crippen LogP contribution in [-0.4, -0.2) is 27.1 Å². The fourth-order valence-corrected chi connectivity index (χ4v) is 0.955. The molecule has 1 aromatic rings. The van der Waals surface area contributed by atoms with Crippen molar-refractivity contribution >= 4 is 12.6 Å². The average molecular weight is 168 g/mol. The lowest BCUT2D eigenvalue weighted by atomic mass is 9.79. The van der Waals surface area contributed by atoms with Gasteiger partial charge in [0.05, 0.1) is 0 Å². The van der Waals surface area contributed by atoms with Crippen LogP contribution >= 0.6 is 0 Å². The molecule has 0 bridgehead atoms. The molecule has 0 aliphatic carbocycles. The van der Waals surface area contributed by atoms with Crippen LogP contribution in [0.4, 0.5) is 0 Å². The lowest BCUT2D eigenvalue weighted by Crippen LogP contribution is -2.36. The van der Waals surface area contributed by atoms with Crippen molar-refractivity contribution in [1.29, 1.82) is 0 Å². The number of nitrogens with zero attached hydrogens (tertiary/aromatic N) is 1. The summed E-state index contributed by atoms with van der Waals surface area (Å²) in [5.41, 5.74) is 0.276. The van der Waals surface area contributed by atoms with E-state index >= 15 is 0 Å². The molecule has 1 rings (SSSR count). The second-order valence-corrected chi connectivity index (χ2v) is 2.35. The van der Waals surface area contributed by atoms with Crippen molar-refractivity contribution in [2.75, 3.05) is 0 Å². The van der Waals surface area contributed by atoms with Crippen LogP contribution in [0.2, 0.25) is 0 Å². The van der Waals surface area contributed by atoms with Crippen LogP contribution in [0.5, 0.6) is 0 Å². The number of rotatable bonds is 2. The third kappa shape index (κ3) is 1.72. The number of hydrogen-bond donors (Lipinski definition) is 3. The highest BCUT2D eigenvalue weighted by molar-refractivity contribution is 6.58. The summed E-state index contributed by atoms with van der Waals surface area (Å²) >= 11 is 0. The predicted octanol–water partition coefficient (Wildman–Crippen LogP) is -1.99. The van der Waals surface area contributed by atoms with E-state index in [0.29, 0.717) is 12.1 Å². The Labute approximate surface area is 69.2 Å². The van der Waals surface area contributed by atoms with Gasteiger partial charge in [0, 0.05) is 17.4 Å². The van der Waals surface area contributed by atoms with Gasteiger partial charge in [0.15, 0.2) is 0 Å². The third-order valence-electron chi connectivity index (χ3n) is 1.56. The molecule has 0 spiro atoms. The van der Waals surface area contributed by atoms with E-state index in [9.17, 15) is 4.79 Å². The molecule has 0 aromatic carbocycles. The largest absolute Gasteiger partial charge is 0.491 e. The second-order valence-electron chi connectivity index (χ2n) is 2.35. The lowest BCUT2D eigenvalue weighted by Gasteiger charge is -2.03. The van der Waals surface area contributed by atoms with Crippen LogP contribution in [-0.2, 0) is 6.42 Å². The Morgan fingerprint density at radius 3 is 2.83 bits per heavy atom. The van der Waals surface area contributed by atoms with Gasteiger partial charge in [-0.15, -0.1) is 0 Å². The van der Waals surface area contributed by atoms with Crippen LogP contribution in [0.15, 0.2) is 11.0 Å². The molecule has 0 aliphatic heterocycles. The van der Waals surface area contributed by atoms with Gasteiger partial charge in [-0.25, -0.2) is 9.78 Å². The van der Waals surface area contributed by atoms with E-state index < -0.39 is 12.8 Å². The number of aryl methyl sites for hydroxylation is 1. The van der Waals surface area contributed by atoms with Crippen LogP contribution in [0.3, 0.4) is 0 Å². The molecular formula is C6H9BN2O3. The average Bonchev–Trinajstić information content (AvgIpc) is 2.03. The van der Waals surface area contributed by atoms with Gasteiger partial charge >= 0.3 is 12.8 Å². The highest BCUT2D eigenvalue weighted by Gasteiger charge is 2.15. The minimum atomic E-state index is -1.58. The van der Waals surface area contributed by atoms with Crippen molar-refractivity contribution in [2.45, 2.75) is 13.3 Å². The molecule has 12 heavy (non-hydrogen) atoms. The monoisotopic (exact) mass is 168 g/mol. The first-order valence-electron chi connectivity index (χ1n) is 3.59. The molecule has 0 radical (unpaired) electrons. The first-order chi connectivity index (χ1) is 5.65. The molecule has 5 nitrogen and oxygen atoms in total. The summed E-state index contributed by atoms with van der Waals surface area (Å²) in [6, 6.07) is 0. The number of H-pyrrole nitrogens is 1. The molecule has 1 heterocycles. The molecule has 0 saturated heterocycles. The predicted molar refractivity (Wildman–Crippen MR) is 44.1 cm³/mol. The summed E-state index contributed by atoms with van der Waals surface area (Å²) in [6.45, 7) is 1.80. The minimum absolute atomic E-state index is 0.247. The Morgan fingerprint density at radius 1 is 1.67 bits per heavy atom. The maximum atomic E-state index is 10.7. The van der Waals surface area contributed by atoms with Crippen LogP contribution in [0.25, 0.3) is 0 Å². The molecule has 6 heteroatoms. The maximum absolute atomic E-state index is 10.7. The molecule has 3 N–H and O–H groups in total. The van der Waals surface area contributed by atoms with Crippen LogP contribution in [0, 0.1) is 0 Å². The zero-order valence-corrected chi connectivity index (χ0v) is 6.61. The van der Waals surface area contributed by atoms with Gasteiger partial charge in [0.25, 0.3) is 0 Å². The lowest BCUT2D eigenvalue weighted by molar-refractivity contribution is 0.425. The van der Waals surface area contributed by atoms with Crippen molar-refractivity contribution in [3.8, 4) is 0 Å². The normalized spacial score (nSPS) is 9.92. The molecular weight excluding hydrogens is 159 g/mol. The van der Waals surface area contributed by atoms with E-state index in [4.69, 9.17) is 10.0 Å². The van der Waals surface area contributed by atoms with Gasteiger partial charge in [-0.05, 0) is 6.42 Å². The maximum Gasteiger partial charge on any atom is 0.491 e. The number of hydrogen-bond acceptors (Lipinski definition) is 4. The van der Waals surface area contributed by atoms with Gasteiger partial charge in [0.2, 0.25) is 0 Å². The fraction of sp³-hybridized carbons (Fsp3) is 0.333. The van der Waals surface area contributed by atoms with Gasteiger partial charge in [0.1, 0.15) is 0 Å². The van der Waals surface area contributed by atoms with E-state index in [1.54, 1.807) is 6.92 Å². The fourth-order valence-electron chi connectivity index (χ4n) is 0.955. The summed E-state index contributed by atoms with van der Waals surface area (Å²) in [6.07, 6.45) is 1.70. The smallest absolute Gasteiger partial charge is 0.423 e. The second kappa shape index (κ2) is 3.51. The molecule has 0 fully saturated rings. The summed E-state index contributed by atoms with van der Waals surface area (Å²) in [4.78, 5) is 16.5. The Bertz CT molecular complexity index is 323. The molecule has 0 atom stereocenters. The van der Waals surface area contributed by atoms with Crippen molar-refractivity contribution in [3.05, 3.63) is 22.4 Å². The van der Waals surface area contributed by atoms with E-state index in [0.717, 1.165) is 0 Å². The highest BCUT2D eigenvalue weighted by atomic mass is 16.4. The van der Waals surface area contributed by atoms with Gasteiger partial charge < -0.3 is 15.0 Å². The zero-order valence-electron chi connectivity index (χ0n) is 6.61. The van der Waals surface area contributed by atoms with Crippen LogP contribution in [0.1, 0.15) is 12.6 Å². The summed E-state index contributed by atoms with van der Waals surface area (Å²) < 4.78 is 0. The Kier molecular flexibility index (Phi) is 2.62.